The van der Waals surface area contributed by atoms with E-state index in [0.717, 1.165) is 49.9 Å². The predicted octanol–water partition coefficient (Wildman–Crippen LogP) is 2.89. The van der Waals surface area contributed by atoms with E-state index in [2.05, 4.69) is 31.7 Å². The number of nitrogens with one attached hydrogen (secondary N) is 1. The summed E-state index contributed by atoms with van der Waals surface area (Å²) in [4.78, 5) is 7.39. The lowest BCUT2D eigenvalue weighted by atomic mass is 9.86. The van der Waals surface area contributed by atoms with Crippen LogP contribution in [0.4, 0.5) is 0 Å². The molecule has 6 nitrogen and oxygen atoms in total. The van der Waals surface area contributed by atoms with Crippen LogP contribution in [0.25, 0.3) is 5.65 Å². The van der Waals surface area contributed by atoms with Gasteiger partial charge in [0.2, 0.25) is 0 Å². The average molecular weight is 355 g/mol. The highest BCUT2D eigenvalue weighted by molar-refractivity contribution is 5.80. The summed E-state index contributed by atoms with van der Waals surface area (Å²) in [5.41, 5.74) is 1.50. The standard InChI is InChI=1S/C20H30N6/c1-2-21-19(25-15-12-20(16-25)10-4-5-11-20)22-13-7-9-18-24-23-17-8-3-6-14-26(17)18/h3,6,8,14H,2,4-5,7,9-13,15-16H2,1H3,(H,21,22). The maximum absolute atomic E-state index is 4.90. The molecule has 2 aliphatic rings. The molecule has 0 amide bonds. The summed E-state index contributed by atoms with van der Waals surface area (Å²) in [7, 11) is 0. The Bertz CT molecular complexity index is 759. The van der Waals surface area contributed by atoms with Crippen LogP contribution in [0.5, 0.6) is 0 Å². The van der Waals surface area contributed by atoms with E-state index in [9.17, 15) is 0 Å². The van der Waals surface area contributed by atoms with Crippen molar-refractivity contribution in [3.05, 3.63) is 30.2 Å². The lowest BCUT2D eigenvalue weighted by Gasteiger charge is -2.26. The molecule has 3 heterocycles. The van der Waals surface area contributed by atoms with Crippen LogP contribution in [0.3, 0.4) is 0 Å². The van der Waals surface area contributed by atoms with Crippen LogP contribution >= 0.6 is 0 Å². The summed E-state index contributed by atoms with van der Waals surface area (Å²) >= 11 is 0. The first kappa shape index (κ1) is 17.3. The number of hydrogen-bond donors (Lipinski definition) is 1. The molecule has 0 aromatic carbocycles. The first-order chi connectivity index (χ1) is 12.8. The molecule has 140 valence electrons. The van der Waals surface area contributed by atoms with E-state index in [1.807, 2.05) is 24.4 Å². The third-order valence-electron chi connectivity index (χ3n) is 5.94. The van der Waals surface area contributed by atoms with Crippen molar-refractivity contribution in [2.45, 2.75) is 51.9 Å². The van der Waals surface area contributed by atoms with Crippen molar-refractivity contribution in [1.29, 1.82) is 0 Å². The Kier molecular flexibility index (Phi) is 5.09. The van der Waals surface area contributed by atoms with Crippen LogP contribution in [0, 0.1) is 5.41 Å². The minimum Gasteiger partial charge on any atom is -0.357 e. The average Bonchev–Trinajstić information content (AvgIpc) is 3.39. The van der Waals surface area contributed by atoms with Gasteiger partial charge in [-0.15, -0.1) is 10.2 Å². The van der Waals surface area contributed by atoms with Gasteiger partial charge in [0.25, 0.3) is 0 Å². The topological polar surface area (TPSA) is 57.8 Å². The van der Waals surface area contributed by atoms with E-state index < -0.39 is 0 Å². The molecule has 2 aromatic rings. The summed E-state index contributed by atoms with van der Waals surface area (Å²) < 4.78 is 2.07. The summed E-state index contributed by atoms with van der Waals surface area (Å²) in [6, 6.07) is 6.01. The summed E-state index contributed by atoms with van der Waals surface area (Å²) in [6.07, 6.45) is 10.9. The van der Waals surface area contributed by atoms with Crippen molar-refractivity contribution in [3.8, 4) is 0 Å². The number of pyridine rings is 1. The number of guanidine groups is 1. The molecule has 6 heteroatoms. The van der Waals surface area contributed by atoms with Gasteiger partial charge >= 0.3 is 0 Å². The summed E-state index contributed by atoms with van der Waals surface area (Å²) in [6.45, 7) is 6.25. The Morgan fingerprint density at radius 2 is 2.12 bits per heavy atom. The molecule has 2 fully saturated rings. The molecule has 0 atom stereocenters. The number of fused-ring (bicyclic) bond motifs is 1. The Balaban J connectivity index is 1.34. The van der Waals surface area contributed by atoms with Crippen molar-refractivity contribution in [3.63, 3.8) is 0 Å². The molecule has 1 spiro atoms. The maximum atomic E-state index is 4.90. The van der Waals surface area contributed by atoms with Gasteiger partial charge in [0, 0.05) is 38.8 Å². The van der Waals surface area contributed by atoms with Crippen molar-refractivity contribution >= 4 is 11.6 Å². The monoisotopic (exact) mass is 354 g/mol. The van der Waals surface area contributed by atoms with Crippen LogP contribution in [-0.4, -0.2) is 51.6 Å². The second-order valence-electron chi connectivity index (χ2n) is 7.76. The van der Waals surface area contributed by atoms with Crippen LogP contribution in [-0.2, 0) is 6.42 Å². The Morgan fingerprint density at radius 3 is 2.96 bits per heavy atom. The first-order valence-electron chi connectivity index (χ1n) is 10.1. The molecule has 1 N–H and O–H groups in total. The SMILES string of the molecule is CCNC(=NCCCc1nnc2ccccn12)N1CCC2(CCCC2)C1. The van der Waals surface area contributed by atoms with Gasteiger partial charge in [-0.3, -0.25) is 9.39 Å². The van der Waals surface area contributed by atoms with Crippen molar-refractivity contribution in [2.24, 2.45) is 10.4 Å². The fourth-order valence-electron chi connectivity index (χ4n) is 4.56. The molecule has 1 aliphatic heterocycles. The van der Waals surface area contributed by atoms with Gasteiger partial charge in [-0.2, -0.15) is 0 Å². The highest BCUT2D eigenvalue weighted by Gasteiger charge is 2.41. The maximum Gasteiger partial charge on any atom is 0.193 e. The Labute approximate surface area is 155 Å². The van der Waals surface area contributed by atoms with Crippen molar-refractivity contribution in [2.75, 3.05) is 26.2 Å². The number of hydrogen-bond acceptors (Lipinski definition) is 3. The molecular weight excluding hydrogens is 324 g/mol. The van der Waals surface area contributed by atoms with Gasteiger partial charge < -0.3 is 10.2 Å². The summed E-state index contributed by atoms with van der Waals surface area (Å²) in [5, 5.41) is 12.0. The number of likely N-dealkylation sites (tertiary alicyclic amines) is 1. The second-order valence-corrected chi connectivity index (χ2v) is 7.76. The smallest absolute Gasteiger partial charge is 0.193 e. The van der Waals surface area contributed by atoms with E-state index >= 15 is 0 Å². The first-order valence-corrected chi connectivity index (χ1v) is 10.1. The quantitative estimate of drug-likeness (QED) is 0.510. The minimum atomic E-state index is 0.580. The largest absolute Gasteiger partial charge is 0.357 e. The fraction of sp³-hybridized carbons (Fsp3) is 0.650. The number of rotatable bonds is 5. The van der Waals surface area contributed by atoms with Gasteiger partial charge in [0.1, 0.15) is 5.82 Å². The van der Waals surface area contributed by atoms with E-state index in [1.165, 1.54) is 38.6 Å². The van der Waals surface area contributed by atoms with Gasteiger partial charge in [0.05, 0.1) is 0 Å². The normalized spacial score (nSPS) is 19.7. The Hall–Kier alpha value is -2.11. The molecule has 1 saturated heterocycles. The zero-order valence-corrected chi connectivity index (χ0v) is 15.8. The van der Waals surface area contributed by atoms with E-state index in [4.69, 9.17) is 4.99 Å². The van der Waals surface area contributed by atoms with Crippen LogP contribution < -0.4 is 5.32 Å². The molecule has 1 saturated carbocycles. The van der Waals surface area contributed by atoms with Gasteiger partial charge in [-0.05, 0) is 50.2 Å². The third kappa shape index (κ3) is 3.55. The number of aryl methyl sites for hydroxylation is 1. The van der Waals surface area contributed by atoms with E-state index in [-0.39, 0.29) is 0 Å². The molecule has 4 rings (SSSR count). The number of aliphatic imine (C=N–C) groups is 1. The van der Waals surface area contributed by atoms with Gasteiger partial charge in [0.15, 0.2) is 11.6 Å². The predicted molar refractivity (Wildman–Crippen MR) is 104 cm³/mol. The third-order valence-corrected chi connectivity index (χ3v) is 5.94. The zero-order chi connectivity index (χ0) is 17.8. The van der Waals surface area contributed by atoms with Crippen LogP contribution in [0.2, 0.25) is 0 Å². The molecule has 0 radical (unpaired) electrons. The highest BCUT2D eigenvalue weighted by atomic mass is 15.3. The lowest BCUT2D eigenvalue weighted by Crippen LogP contribution is -2.41. The molecular formula is C20H30N6. The minimum absolute atomic E-state index is 0.580. The van der Waals surface area contributed by atoms with Crippen molar-refractivity contribution < 1.29 is 0 Å². The van der Waals surface area contributed by atoms with E-state index in [0.29, 0.717) is 5.41 Å². The molecule has 26 heavy (non-hydrogen) atoms. The molecule has 2 aromatic heterocycles. The molecule has 1 aliphatic carbocycles. The fourth-order valence-corrected chi connectivity index (χ4v) is 4.56. The van der Waals surface area contributed by atoms with Crippen molar-refractivity contribution in [1.82, 2.24) is 24.8 Å². The Morgan fingerprint density at radius 1 is 1.23 bits per heavy atom. The second kappa shape index (κ2) is 7.64. The van der Waals surface area contributed by atoms with Crippen LogP contribution in [0.1, 0.15) is 51.3 Å². The zero-order valence-electron chi connectivity index (χ0n) is 15.8. The lowest BCUT2D eigenvalue weighted by molar-refractivity contribution is 0.309. The number of aromatic nitrogens is 3. The van der Waals surface area contributed by atoms with Gasteiger partial charge in [-0.25, -0.2) is 0 Å². The molecule has 0 bridgehead atoms. The number of nitrogens with zero attached hydrogens (tertiary/aromatic N) is 5. The highest BCUT2D eigenvalue weighted by Crippen LogP contribution is 2.45. The molecule has 0 unspecified atom stereocenters. The van der Waals surface area contributed by atoms with Crippen LogP contribution in [0.15, 0.2) is 29.4 Å². The van der Waals surface area contributed by atoms with Gasteiger partial charge in [-0.1, -0.05) is 18.9 Å². The summed E-state index contributed by atoms with van der Waals surface area (Å²) in [5.74, 6) is 2.12. The van der Waals surface area contributed by atoms with E-state index in [1.54, 1.807) is 0 Å².